The maximum absolute atomic E-state index is 12.9. The summed E-state index contributed by atoms with van der Waals surface area (Å²) in [6, 6.07) is 15.6. The Balaban J connectivity index is 1.65. The Morgan fingerprint density at radius 1 is 1.10 bits per heavy atom. The molecule has 1 saturated carbocycles. The number of hydrogen-bond donors (Lipinski definition) is 1. The van der Waals surface area contributed by atoms with E-state index >= 15 is 0 Å². The molecule has 0 saturated heterocycles. The van der Waals surface area contributed by atoms with Gasteiger partial charge in [0.1, 0.15) is 5.82 Å². The van der Waals surface area contributed by atoms with E-state index in [0.29, 0.717) is 0 Å². The Morgan fingerprint density at radius 3 is 2.50 bits per heavy atom. The van der Waals surface area contributed by atoms with Crippen molar-refractivity contribution in [3.8, 4) is 0 Å². The molecule has 0 amide bonds. The van der Waals surface area contributed by atoms with Crippen LogP contribution in [0.1, 0.15) is 48.4 Å². The molecular weight excluding hydrogens is 249 g/mol. The van der Waals surface area contributed by atoms with Crippen molar-refractivity contribution in [2.75, 3.05) is 0 Å². The van der Waals surface area contributed by atoms with Gasteiger partial charge in [0.25, 0.3) is 0 Å². The topological polar surface area (TPSA) is 12.0 Å². The van der Waals surface area contributed by atoms with E-state index in [1.807, 2.05) is 12.1 Å². The summed E-state index contributed by atoms with van der Waals surface area (Å²) < 4.78 is 12.9. The SMILES string of the molecule is C[C@@H](NCc1ccccc1C1CC1)c1ccc(F)cc1. The minimum Gasteiger partial charge on any atom is -0.306 e. The average Bonchev–Trinajstić information content (AvgIpc) is 3.30. The van der Waals surface area contributed by atoms with Crippen LogP contribution in [0.4, 0.5) is 4.39 Å². The van der Waals surface area contributed by atoms with Gasteiger partial charge in [-0.3, -0.25) is 0 Å². The molecule has 0 heterocycles. The molecule has 0 unspecified atom stereocenters. The maximum Gasteiger partial charge on any atom is 0.123 e. The quantitative estimate of drug-likeness (QED) is 0.839. The second-order valence-electron chi connectivity index (χ2n) is 5.63. The highest BCUT2D eigenvalue weighted by Gasteiger charge is 2.25. The van der Waals surface area contributed by atoms with Crippen LogP contribution in [0, 0.1) is 5.82 Å². The highest BCUT2D eigenvalue weighted by molar-refractivity contribution is 5.33. The van der Waals surface area contributed by atoms with Gasteiger partial charge in [-0.1, -0.05) is 36.4 Å². The van der Waals surface area contributed by atoms with Gasteiger partial charge in [0, 0.05) is 12.6 Å². The van der Waals surface area contributed by atoms with Crippen LogP contribution in [0.2, 0.25) is 0 Å². The third-order valence-electron chi connectivity index (χ3n) is 4.04. The highest BCUT2D eigenvalue weighted by Crippen LogP contribution is 2.41. The molecule has 0 aliphatic heterocycles. The van der Waals surface area contributed by atoms with Crippen LogP contribution >= 0.6 is 0 Å². The molecule has 1 aliphatic carbocycles. The molecule has 2 heteroatoms. The first-order chi connectivity index (χ1) is 9.74. The van der Waals surface area contributed by atoms with Crippen LogP contribution in [0.15, 0.2) is 48.5 Å². The van der Waals surface area contributed by atoms with Crippen molar-refractivity contribution in [3.63, 3.8) is 0 Å². The lowest BCUT2D eigenvalue weighted by Gasteiger charge is -2.16. The van der Waals surface area contributed by atoms with E-state index in [4.69, 9.17) is 0 Å². The van der Waals surface area contributed by atoms with E-state index in [1.54, 1.807) is 0 Å². The monoisotopic (exact) mass is 269 g/mol. The van der Waals surface area contributed by atoms with Crippen LogP contribution < -0.4 is 5.32 Å². The standard InChI is InChI=1S/C18H20FN/c1-13(14-8-10-17(19)11-9-14)20-12-16-4-2-3-5-18(16)15-6-7-15/h2-5,8-11,13,15,20H,6-7,12H2,1H3/t13-/m1/s1. The maximum atomic E-state index is 12.9. The Morgan fingerprint density at radius 2 is 1.80 bits per heavy atom. The van der Waals surface area contributed by atoms with Crippen molar-refractivity contribution < 1.29 is 4.39 Å². The number of nitrogens with one attached hydrogen (secondary N) is 1. The number of halogens is 1. The fourth-order valence-corrected chi connectivity index (χ4v) is 2.62. The summed E-state index contributed by atoms with van der Waals surface area (Å²) in [5.41, 5.74) is 4.01. The smallest absolute Gasteiger partial charge is 0.123 e. The molecule has 20 heavy (non-hydrogen) atoms. The molecule has 1 atom stereocenters. The zero-order valence-electron chi connectivity index (χ0n) is 11.8. The van der Waals surface area contributed by atoms with Crippen LogP contribution in [0.5, 0.6) is 0 Å². The van der Waals surface area contributed by atoms with Crippen LogP contribution in [0.3, 0.4) is 0 Å². The third-order valence-corrected chi connectivity index (χ3v) is 4.04. The highest BCUT2D eigenvalue weighted by atomic mass is 19.1. The molecule has 104 valence electrons. The second kappa shape index (κ2) is 5.76. The van der Waals surface area contributed by atoms with E-state index in [0.717, 1.165) is 18.0 Å². The lowest BCUT2D eigenvalue weighted by molar-refractivity contribution is 0.569. The van der Waals surface area contributed by atoms with E-state index in [-0.39, 0.29) is 11.9 Å². The van der Waals surface area contributed by atoms with Crippen LogP contribution in [-0.4, -0.2) is 0 Å². The predicted octanol–water partition coefficient (Wildman–Crippen LogP) is 4.55. The molecule has 3 rings (SSSR count). The van der Waals surface area contributed by atoms with Gasteiger partial charge in [0.15, 0.2) is 0 Å². The summed E-state index contributed by atoms with van der Waals surface area (Å²) in [5.74, 6) is 0.592. The Kier molecular flexibility index (Phi) is 3.83. The summed E-state index contributed by atoms with van der Waals surface area (Å²) >= 11 is 0. The summed E-state index contributed by atoms with van der Waals surface area (Å²) in [7, 11) is 0. The van der Waals surface area contributed by atoms with E-state index < -0.39 is 0 Å². The molecule has 1 fully saturated rings. The van der Waals surface area contributed by atoms with Crippen LogP contribution in [0.25, 0.3) is 0 Å². The van der Waals surface area contributed by atoms with Gasteiger partial charge in [-0.2, -0.15) is 0 Å². The Labute approximate surface area is 119 Å². The van der Waals surface area contributed by atoms with Crippen molar-refractivity contribution in [1.29, 1.82) is 0 Å². The van der Waals surface area contributed by atoms with E-state index in [1.165, 1.54) is 36.1 Å². The molecule has 0 spiro atoms. The van der Waals surface area contributed by atoms with Crippen molar-refractivity contribution in [2.24, 2.45) is 0 Å². The summed E-state index contributed by atoms with van der Waals surface area (Å²) in [4.78, 5) is 0. The molecule has 0 aromatic heterocycles. The van der Waals surface area contributed by atoms with Crippen molar-refractivity contribution in [2.45, 2.75) is 38.3 Å². The van der Waals surface area contributed by atoms with Crippen LogP contribution in [-0.2, 0) is 6.54 Å². The molecule has 0 radical (unpaired) electrons. The van der Waals surface area contributed by atoms with Gasteiger partial charge in [-0.15, -0.1) is 0 Å². The zero-order chi connectivity index (χ0) is 13.9. The Bertz CT molecular complexity index is 572. The number of benzene rings is 2. The minimum absolute atomic E-state index is 0.181. The predicted molar refractivity (Wildman–Crippen MR) is 80.1 cm³/mol. The largest absolute Gasteiger partial charge is 0.306 e. The van der Waals surface area contributed by atoms with Crippen molar-refractivity contribution in [1.82, 2.24) is 5.32 Å². The van der Waals surface area contributed by atoms with E-state index in [2.05, 4.69) is 36.5 Å². The minimum atomic E-state index is -0.181. The molecule has 0 bridgehead atoms. The summed E-state index contributed by atoms with van der Waals surface area (Å²) in [6.45, 7) is 2.98. The molecule has 2 aromatic rings. The van der Waals surface area contributed by atoms with Crippen molar-refractivity contribution in [3.05, 3.63) is 71.0 Å². The normalized spacial score (nSPS) is 16.1. The van der Waals surface area contributed by atoms with E-state index in [9.17, 15) is 4.39 Å². The number of hydrogen-bond acceptors (Lipinski definition) is 1. The zero-order valence-corrected chi connectivity index (χ0v) is 11.8. The van der Waals surface area contributed by atoms with Gasteiger partial charge in [-0.05, 0) is 54.5 Å². The lowest BCUT2D eigenvalue weighted by atomic mass is 10.0. The first-order valence-corrected chi connectivity index (χ1v) is 7.30. The molecule has 1 nitrogen and oxygen atoms in total. The fraction of sp³-hybridized carbons (Fsp3) is 0.333. The third kappa shape index (κ3) is 3.07. The Hall–Kier alpha value is -1.67. The van der Waals surface area contributed by atoms with Gasteiger partial charge < -0.3 is 5.32 Å². The van der Waals surface area contributed by atoms with Gasteiger partial charge >= 0.3 is 0 Å². The first kappa shape index (κ1) is 13.3. The molecular formula is C18H20FN. The second-order valence-corrected chi connectivity index (χ2v) is 5.63. The molecule has 1 aliphatic rings. The first-order valence-electron chi connectivity index (χ1n) is 7.30. The summed E-state index contributed by atoms with van der Waals surface area (Å²) in [6.07, 6.45) is 2.65. The van der Waals surface area contributed by atoms with Crippen molar-refractivity contribution >= 4 is 0 Å². The van der Waals surface area contributed by atoms with Gasteiger partial charge in [-0.25, -0.2) is 4.39 Å². The average molecular weight is 269 g/mol. The fourth-order valence-electron chi connectivity index (χ4n) is 2.62. The lowest BCUT2D eigenvalue weighted by Crippen LogP contribution is -2.18. The molecule has 1 N–H and O–H groups in total. The summed E-state index contributed by atoms with van der Waals surface area (Å²) in [5, 5.41) is 3.54. The molecule has 2 aromatic carbocycles. The van der Waals surface area contributed by atoms with Gasteiger partial charge in [0.2, 0.25) is 0 Å². The van der Waals surface area contributed by atoms with Gasteiger partial charge in [0.05, 0.1) is 0 Å². The number of rotatable bonds is 5.